The van der Waals surface area contributed by atoms with Crippen molar-refractivity contribution in [2.75, 3.05) is 0 Å². The van der Waals surface area contributed by atoms with Gasteiger partial charge in [-0.3, -0.25) is 0 Å². The average Bonchev–Trinajstić information content (AvgIpc) is 2.29. The first-order valence-corrected chi connectivity index (χ1v) is 7.05. The highest BCUT2D eigenvalue weighted by Crippen LogP contribution is 2.38. The number of hydrogen-bond donors (Lipinski definition) is 1. The van der Waals surface area contributed by atoms with Crippen LogP contribution in [0, 0.1) is 23.0 Å². The van der Waals surface area contributed by atoms with Crippen LogP contribution in [0.2, 0.25) is 0 Å². The molecule has 0 bridgehead atoms. The van der Waals surface area contributed by atoms with Crippen LogP contribution in [0.3, 0.4) is 0 Å². The van der Waals surface area contributed by atoms with Crippen LogP contribution in [0.5, 0.6) is 0 Å². The van der Waals surface area contributed by atoms with E-state index < -0.39 is 11.6 Å². The lowest BCUT2D eigenvalue weighted by Crippen LogP contribution is -2.41. The molecule has 19 heavy (non-hydrogen) atoms. The van der Waals surface area contributed by atoms with Gasteiger partial charge in [-0.1, -0.05) is 26.8 Å². The molecule has 1 saturated carbocycles. The van der Waals surface area contributed by atoms with Crippen molar-refractivity contribution in [3.8, 4) is 0 Å². The van der Waals surface area contributed by atoms with Crippen LogP contribution in [0.25, 0.3) is 0 Å². The smallest absolute Gasteiger partial charge is 0.130 e. The maximum absolute atomic E-state index is 13.5. The lowest BCUT2D eigenvalue weighted by molar-refractivity contribution is 0.148. The van der Waals surface area contributed by atoms with Gasteiger partial charge in [0.15, 0.2) is 0 Å². The summed E-state index contributed by atoms with van der Waals surface area (Å²) in [6.45, 7) is 7.33. The van der Waals surface area contributed by atoms with Crippen molar-refractivity contribution in [2.45, 2.75) is 52.6 Å². The summed E-state index contributed by atoms with van der Waals surface area (Å²) in [5.74, 6) is -0.391. The fourth-order valence-corrected chi connectivity index (χ4v) is 3.16. The molecule has 1 fully saturated rings. The molecule has 0 radical (unpaired) electrons. The maximum atomic E-state index is 13.5. The summed E-state index contributed by atoms with van der Waals surface area (Å²) >= 11 is 0. The third kappa shape index (κ3) is 3.75. The lowest BCUT2D eigenvalue weighted by atomic mass is 9.70. The molecule has 0 aromatic heterocycles. The highest BCUT2D eigenvalue weighted by atomic mass is 19.1. The molecule has 106 valence electrons. The second-order valence-electron chi connectivity index (χ2n) is 6.61. The Labute approximate surface area is 114 Å². The van der Waals surface area contributed by atoms with Gasteiger partial charge < -0.3 is 5.32 Å². The van der Waals surface area contributed by atoms with E-state index >= 15 is 0 Å². The zero-order chi connectivity index (χ0) is 14.0. The third-order valence-corrected chi connectivity index (χ3v) is 4.26. The van der Waals surface area contributed by atoms with E-state index in [-0.39, 0.29) is 0 Å². The van der Waals surface area contributed by atoms with Gasteiger partial charge in [0.2, 0.25) is 0 Å². The number of rotatable bonds is 3. The zero-order valence-electron chi connectivity index (χ0n) is 12.0. The molecule has 3 heteroatoms. The quantitative estimate of drug-likeness (QED) is 0.862. The van der Waals surface area contributed by atoms with Crippen LogP contribution in [0.4, 0.5) is 8.78 Å². The van der Waals surface area contributed by atoms with Crippen LogP contribution in [0.15, 0.2) is 18.2 Å². The molecule has 2 rings (SSSR count). The molecular formula is C16H23F2N. The summed E-state index contributed by atoms with van der Waals surface area (Å²) in [4.78, 5) is 0. The molecule has 0 heterocycles. The second kappa shape index (κ2) is 5.58. The van der Waals surface area contributed by atoms with Crippen molar-refractivity contribution in [1.82, 2.24) is 5.32 Å². The highest BCUT2D eigenvalue weighted by molar-refractivity contribution is 5.18. The summed E-state index contributed by atoms with van der Waals surface area (Å²) in [6.07, 6.45) is 3.51. The molecule has 1 aromatic carbocycles. The van der Waals surface area contributed by atoms with Gasteiger partial charge in [0, 0.05) is 24.2 Å². The Morgan fingerprint density at radius 2 is 2.05 bits per heavy atom. The van der Waals surface area contributed by atoms with Crippen LogP contribution >= 0.6 is 0 Å². The first kappa shape index (κ1) is 14.4. The summed E-state index contributed by atoms with van der Waals surface area (Å²) in [7, 11) is 0. The predicted molar refractivity (Wildman–Crippen MR) is 73.8 cm³/mol. The summed E-state index contributed by atoms with van der Waals surface area (Å²) in [6, 6.07) is 4.21. The lowest BCUT2D eigenvalue weighted by Gasteiger charge is -2.39. The maximum Gasteiger partial charge on any atom is 0.130 e. The Morgan fingerprint density at radius 3 is 2.68 bits per heavy atom. The van der Waals surface area contributed by atoms with E-state index in [0.29, 0.717) is 29.5 Å². The number of benzene rings is 1. The highest BCUT2D eigenvalue weighted by Gasteiger charge is 2.31. The van der Waals surface area contributed by atoms with Crippen molar-refractivity contribution in [3.63, 3.8) is 0 Å². The first-order chi connectivity index (χ1) is 8.87. The first-order valence-electron chi connectivity index (χ1n) is 7.05. The molecule has 1 nitrogen and oxygen atoms in total. The summed E-state index contributed by atoms with van der Waals surface area (Å²) in [5.41, 5.74) is 0.956. The third-order valence-electron chi connectivity index (χ3n) is 4.26. The van der Waals surface area contributed by atoms with Gasteiger partial charge in [0.05, 0.1) is 0 Å². The molecule has 1 aromatic rings. The standard InChI is InChI=1S/C16H23F2N/c1-11-9-16(2,3)7-6-15(11)19-10-12-4-5-13(17)8-14(12)18/h4-5,8,11,15,19H,6-7,9-10H2,1-3H3. The molecule has 1 aliphatic carbocycles. The van der Waals surface area contributed by atoms with Gasteiger partial charge in [-0.25, -0.2) is 8.78 Å². The normalized spacial score (nSPS) is 26.4. The molecule has 0 amide bonds. The predicted octanol–water partition coefficient (Wildman–Crippen LogP) is 4.27. The molecule has 2 unspecified atom stereocenters. The Hall–Kier alpha value is -0.960. The summed E-state index contributed by atoms with van der Waals surface area (Å²) < 4.78 is 26.4. The minimum absolute atomic E-state index is 0.415. The fourth-order valence-electron chi connectivity index (χ4n) is 3.16. The van der Waals surface area contributed by atoms with Gasteiger partial charge in [0.1, 0.15) is 11.6 Å². The number of halogens is 2. The van der Waals surface area contributed by atoms with E-state index in [0.717, 1.165) is 12.5 Å². The van der Waals surface area contributed by atoms with Gasteiger partial charge >= 0.3 is 0 Å². The number of nitrogens with one attached hydrogen (secondary N) is 1. The Kier molecular flexibility index (Phi) is 4.24. The largest absolute Gasteiger partial charge is 0.310 e. The minimum atomic E-state index is -0.519. The van der Waals surface area contributed by atoms with E-state index in [9.17, 15) is 8.78 Å². The van der Waals surface area contributed by atoms with Crippen LogP contribution in [-0.4, -0.2) is 6.04 Å². The van der Waals surface area contributed by atoms with Gasteiger partial charge in [-0.15, -0.1) is 0 Å². The van der Waals surface area contributed by atoms with Crippen molar-refractivity contribution in [2.24, 2.45) is 11.3 Å². The van der Waals surface area contributed by atoms with E-state index in [4.69, 9.17) is 0 Å². The van der Waals surface area contributed by atoms with Crippen LogP contribution in [-0.2, 0) is 6.54 Å². The van der Waals surface area contributed by atoms with E-state index in [1.54, 1.807) is 0 Å². The van der Waals surface area contributed by atoms with E-state index in [1.807, 2.05) is 0 Å². The monoisotopic (exact) mass is 267 g/mol. The van der Waals surface area contributed by atoms with Crippen LogP contribution < -0.4 is 5.32 Å². The van der Waals surface area contributed by atoms with Crippen LogP contribution in [0.1, 0.15) is 45.6 Å². The summed E-state index contributed by atoms with van der Waals surface area (Å²) in [5, 5.41) is 3.42. The molecule has 0 spiro atoms. The van der Waals surface area contributed by atoms with Gasteiger partial charge in [0.25, 0.3) is 0 Å². The molecule has 1 N–H and O–H groups in total. The molecule has 0 saturated heterocycles. The SMILES string of the molecule is CC1CC(C)(C)CCC1NCc1ccc(F)cc1F. The zero-order valence-corrected chi connectivity index (χ0v) is 12.0. The van der Waals surface area contributed by atoms with Crippen molar-refractivity contribution < 1.29 is 8.78 Å². The molecule has 1 aliphatic rings. The van der Waals surface area contributed by atoms with Crippen molar-refractivity contribution in [1.29, 1.82) is 0 Å². The van der Waals surface area contributed by atoms with E-state index in [1.165, 1.54) is 25.0 Å². The Bertz CT molecular complexity index is 442. The average molecular weight is 267 g/mol. The Morgan fingerprint density at radius 1 is 1.32 bits per heavy atom. The van der Waals surface area contributed by atoms with Gasteiger partial charge in [-0.2, -0.15) is 0 Å². The van der Waals surface area contributed by atoms with Crippen molar-refractivity contribution in [3.05, 3.63) is 35.4 Å². The topological polar surface area (TPSA) is 12.0 Å². The van der Waals surface area contributed by atoms with Crippen molar-refractivity contribution >= 4 is 0 Å². The van der Waals surface area contributed by atoms with Gasteiger partial charge in [-0.05, 0) is 36.7 Å². The Balaban J connectivity index is 1.92. The van der Waals surface area contributed by atoms with E-state index in [2.05, 4.69) is 26.1 Å². The number of hydrogen-bond acceptors (Lipinski definition) is 1. The minimum Gasteiger partial charge on any atom is -0.310 e. The molecule has 0 aliphatic heterocycles. The fraction of sp³-hybridized carbons (Fsp3) is 0.625. The molecular weight excluding hydrogens is 244 g/mol. The molecule has 2 atom stereocenters. The second-order valence-corrected chi connectivity index (χ2v) is 6.61.